The van der Waals surface area contributed by atoms with Crippen LogP contribution in [0.3, 0.4) is 0 Å². The van der Waals surface area contributed by atoms with E-state index < -0.39 is 25.9 Å². The molecule has 0 radical (unpaired) electrons. The van der Waals surface area contributed by atoms with E-state index in [9.17, 15) is 18.0 Å². The molecule has 2 aromatic carbocycles. The Bertz CT molecular complexity index is 1220. The number of benzene rings is 2. The third-order valence-corrected chi connectivity index (χ3v) is 7.35. The van der Waals surface area contributed by atoms with Crippen molar-refractivity contribution in [2.24, 2.45) is 0 Å². The number of nitrogens with one attached hydrogen (secondary N) is 5. The predicted molar refractivity (Wildman–Crippen MR) is 156 cm³/mol. The molecular formula is C24H30Cl3N5O4S2. The molecule has 0 aliphatic rings. The van der Waals surface area contributed by atoms with Crippen molar-refractivity contribution in [2.75, 3.05) is 5.32 Å². The molecule has 2 rings (SSSR count). The molecule has 208 valence electrons. The van der Waals surface area contributed by atoms with E-state index in [-0.39, 0.29) is 33.6 Å². The van der Waals surface area contributed by atoms with Crippen LogP contribution in [0.15, 0.2) is 53.4 Å². The van der Waals surface area contributed by atoms with Crippen molar-refractivity contribution in [3.05, 3.63) is 59.7 Å². The third kappa shape index (κ3) is 10.5. The van der Waals surface area contributed by atoms with Gasteiger partial charge in [0.1, 0.15) is 6.17 Å². The summed E-state index contributed by atoms with van der Waals surface area (Å²) in [6.07, 6.45) is 2.78. The number of hydrazine groups is 1. The van der Waals surface area contributed by atoms with Crippen LogP contribution in [-0.2, 0) is 14.8 Å². The first-order chi connectivity index (χ1) is 17.8. The maximum Gasteiger partial charge on any atom is 0.268 e. The van der Waals surface area contributed by atoms with Crippen molar-refractivity contribution >= 4 is 79.7 Å². The summed E-state index contributed by atoms with van der Waals surface area (Å²) in [6, 6.07) is 12.4. The van der Waals surface area contributed by atoms with Gasteiger partial charge in [-0.1, -0.05) is 90.8 Å². The number of hydrogen-bond donors (Lipinski definition) is 5. The van der Waals surface area contributed by atoms with Gasteiger partial charge in [-0.05, 0) is 49.8 Å². The van der Waals surface area contributed by atoms with Crippen LogP contribution in [0, 0.1) is 6.92 Å². The van der Waals surface area contributed by atoms with Crippen molar-refractivity contribution in [1.29, 1.82) is 0 Å². The summed E-state index contributed by atoms with van der Waals surface area (Å²) in [6.45, 7) is 3.90. The molecule has 0 aliphatic carbocycles. The van der Waals surface area contributed by atoms with Gasteiger partial charge in [-0.3, -0.25) is 15.0 Å². The number of thiocarbonyl (C=S) groups is 1. The molecular weight excluding hydrogens is 593 g/mol. The third-order valence-electron chi connectivity index (χ3n) is 5.22. The molecule has 0 heterocycles. The van der Waals surface area contributed by atoms with Gasteiger partial charge in [0.15, 0.2) is 5.11 Å². The predicted octanol–water partition coefficient (Wildman–Crippen LogP) is 4.69. The Morgan fingerprint density at radius 2 is 1.63 bits per heavy atom. The number of hydrogen-bond acceptors (Lipinski definition) is 5. The topological polar surface area (TPSA) is 128 Å². The number of sulfonamides is 1. The molecule has 0 aromatic heterocycles. The zero-order valence-corrected chi connectivity index (χ0v) is 24.7. The maximum atomic E-state index is 12.8. The highest BCUT2D eigenvalue weighted by Crippen LogP contribution is 2.29. The van der Waals surface area contributed by atoms with Crippen LogP contribution < -0.4 is 26.2 Å². The summed E-state index contributed by atoms with van der Waals surface area (Å²) in [7, 11) is -3.99. The molecule has 5 N–H and O–H groups in total. The molecule has 0 bridgehead atoms. The highest BCUT2D eigenvalue weighted by molar-refractivity contribution is 7.89. The van der Waals surface area contributed by atoms with E-state index >= 15 is 0 Å². The fourth-order valence-corrected chi connectivity index (χ4v) is 4.58. The number of para-hydroxylation sites is 1. The van der Waals surface area contributed by atoms with Crippen molar-refractivity contribution < 1.29 is 18.0 Å². The standard InChI is InChI=1S/C24H30Cl3N5O4S2/c1-3-4-5-6-11-20(33)29-22(24(25,26)27)30-23(37)28-19-10-8-7-9-18(19)21(34)31-32-38(35,36)17-14-12-16(2)13-15-17/h7-10,12-15,22,32H,3-6,11H2,1-2H3,(H,29,33)(H,31,34)(H2,28,30,37). The Morgan fingerprint density at radius 3 is 2.26 bits per heavy atom. The number of carbonyl (C=O) groups is 2. The van der Waals surface area contributed by atoms with Crippen molar-refractivity contribution in [1.82, 2.24) is 20.9 Å². The highest BCUT2D eigenvalue weighted by Gasteiger charge is 2.34. The molecule has 0 spiro atoms. The lowest BCUT2D eigenvalue weighted by molar-refractivity contribution is -0.122. The number of alkyl halides is 3. The average molecular weight is 623 g/mol. The number of amides is 2. The molecule has 14 heteroatoms. The highest BCUT2D eigenvalue weighted by atomic mass is 35.6. The Morgan fingerprint density at radius 1 is 0.974 bits per heavy atom. The van der Waals surface area contributed by atoms with Crippen LogP contribution in [0.5, 0.6) is 0 Å². The van der Waals surface area contributed by atoms with Gasteiger partial charge in [0.25, 0.3) is 15.9 Å². The number of anilines is 1. The van der Waals surface area contributed by atoms with E-state index in [1.807, 2.05) is 6.92 Å². The van der Waals surface area contributed by atoms with E-state index in [1.54, 1.807) is 30.3 Å². The van der Waals surface area contributed by atoms with Crippen molar-refractivity contribution in [2.45, 2.75) is 60.8 Å². The lowest BCUT2D eigenvalue weighted by atomic mass is 10.1. The van der Waals surface area contributed by atoms with Gasteiger partial charge in [0.2, 0.25) is 9.70 Å². The first kappa shape index (κ1) is 32.1. The molecule has 0 saturated carbocycles. The van der Waals surface area contributed by atoms with E-state index in [0.29, 0.717) is 6.42 Å². The normalized spacial score (nSPS) is 12.3. The number of carbonyl (C=O) groups excluding carboxylic acids is 2. The summed E-state index contributed by atoms with van der Waals surface area (Å²) >= 11 is 23.4. The molecule has 38 heavy (non-hydrogen) atoms. The van der Waals surface area contributed by atoms with Crippen molar-refractivity contribution in [3.8, 4) is 0 Å². The average Bonchev–Trinajstić information content (AvgIpc) is 2.85. The Balaban J connectivity index is 2.04. The van der Waals surface area contributed by atoms with Gasteiger partial charge in [-0.15, -0.1) is 4.83 Å². The number of rotatable bonds is 12. The molecule has 0 saturated heterocycles. The van der Waals surface area contributed by atoms with E-state index in [4.69, 9.17) is 47.0 Å². The van der Waals surface area contributed by atoms with Crippen LogP contribution in [0.4, 0.5) is 5.69 Å². The first-order valence-electron chi connectivity index (χ1n) is 11.7. The molecule has 1 unspecified atom stereocenters. The molecule has 0 fully saturated rings. The van der Waals surface area contributed by atoms with Crippen molar-refractivity contribution in [3.63, 3.8) is 0 Å². The largest absolute Gasteiger partial charge is 0.339 e. The number of halogens is 3. The van der Waals surface area contributed by atoms with Crippen LogP contribution >= 0.6 is 47.0 Å². The fourth-order valence-electron chi connectivity index (χ4n) is 3.18. The summed E-state index contributed by atoms with van der Waals surface area (Å²) in [5, 5.41) is 8.12. The summed E-state index contributed by atoms with van der Waals surface area (Å²) < 4.78 is 23.1. The lowest BCUT2D eigenvalue weighted by Gasteiger charge is -2.28. The summed E-state index contributed by atoms with van der Waals surface area (Å²) in [5.74, 6) is -1.06. The van der Waals surface area contributed by atoms with Crippen LogP contribution in [0.1, 0.15) is 54.9 Å². The van der Waals surface area contributed by atoms with Gasteiger partial charge in [0, 0.05) is 6.42 Å². The van der Waals surface area contributed by atoms with Gasteiger partial charge in [0.05, 0.1) is 16.1 Å². The summed E-state index contributed by atoms with van der Waals surface area (Å²) in [4.78, 5) is 27.2. The van der Waals surface area contributed by atoms with Gasteiger partial charge in [-0.2, -0.15) is 0 Å². The van der Waals surface area contributed by atoms with Crippen LogP contribution in [0.2, 0.25) is 0 Å². The second-order valence-electron chi connectivity index (χ2n) is 8.37. The second kappa shape index (κ2) is 14.9. The van der Waals surface area contributed by atoms with Gasteiger partial charge >= 0.3 is 0 Å². The number of aryl methyl sites for hydroxylation is 1. The lowest BCUT2D eigenvalue weighted by Crippen LogP contribution is -2.56. The maximum absolute atomic E-state index is 12.8. The Hall–Kier alpha value is -2.15. The first-order valence-corrected chi connectivity index (χ1v) is 14.8. The Kier molecular flexibility index (Phi) is 12.5. The SMILES string of the molecule is CCCCCCC(=O)NC(NC(=S)Nc1ccccc1C(=O)NNS(=O)(=O)c1ccc(C)cc1)C(Cl)(Cl)Cl. The quantitative estimate of drug-likeness (QED) is 0.0764. The fraction of sp³-hybridized carbons (Fsp3) is 0.375. The minimum atomic E-state index is -3.99. The monoisotopic (exact) mass is 621 g/mol. The zero-order chi connectivity index (χ0) is 28.3. The minimum Gasteiger partial charge on any atom is -0.339 e. The van der Waals surface area contributed by atoms with E-state index in [2.05, 4.69) is 33.1 Å². The number of unbranched alkanes of at least 4 members (excludes halogenated alkanes) is 3. The minimum absolute atomic E-state index is 0.00894. The second-order valence-corrected chi connectivity index (χ2v) is 12.8. The smallest absolute Gasteiger partial charge is 0.268 e. The summed E-state index contributed by atoms with van der Waals surface area (Å²) in [5.41, 5.74) is 3.39. The molecule has 9 nitrogen and oxygen atoms in total. The molecule has 2 amide bonds. The van der Waals surface area contributed by atoms with Crippen LogP contribution in [-0.4, -0.2) is 35.3 Å². The van der Waals surface area contributed by atoms with Gasteiger partial charge in [-0.25, -0.2) is 8.42 Å². The molecule has 1 atom stereocenters. The zero-order valence-electron chi connectivity index (χ0n) is 20.8. The van der Waals surface area contributed by atoms with E-state index in [0.717, 1.165) is 24.8 Å². The van der Waals surface area contributed by atoms with Crippen LogP contribution in [0.25, 0.3) is 0 Å². The molecule has 0 aliphatic heterocycles. The van der Waals surface area contributed by atoms with E-state index in [1.165, 1.54) is 18.2 Å². The van der Waals surface area contributed by atoms with Gasteiger partial charge < -0.3 is 16.0 Å². The Labute approximate surface area is 243 Å². The molecule has 2 aromatic rings.